The highest BCUT2D eigenvalue weighted by Crippen LogP contribution is 2.24. The Morgan fingerprint density at radius 1 is 1.05 bits per heavy atom. The highest BCUT2D eigenvalue weighted by molar-refractivity contribution is 5.35. The number of anilines is 1. The number of ether oxygens (including phenoxy) is 2. The molecular weight excluding hydrogens is 242 g/mol. The van der Waals surface area contributed by atoms with Crippen molar-refractivity contribution in [3.63, 3.8) is 0 Å². The summed E-state index contributed by atoms with van der Waals surface area (Å²) in [6, 6.07) is 9.45. The topological polar surface area (TPSA) is 70.3 Å². The number of benzene rings is 1. The van der Waals surface area contributed by atoms with Gasteiger partial charge in [0.15, 0.2) is 0 Å². The van der Waals surface area contributed by atoms with Gasteiger partial charge in [0.25, 0.3) is 0 Å². The summed E-state index contributed by atoms with van der Waals surface area (Å²) in [7, 11) is 1.52. The largest absolute Gasteiger partial charge is 0.481 e. The minimum Gasteiger partial charge on any atom is -0.481 e. The van der Waals surface area contributed by atoms with Crippen LogP contribution in [0.5, 0.6) is 17.5 Å². The van der Waals surface area contributed by atoms with Crippen LogP contribution in [-0.4, -0.2) is 17.1 Å². The van der Waals surface area contributed by atoms with Crippen molar-refractivity contribution in [2.45, 2.75) is 19.8 Å². The molecule has 1 heterocycles. The number of aromatic nitrogens is 2. The maximum atomic E-state index is 5.63. The minimum absolute atomic E-state index is 0.119. The molecule has 19 heavy (non-hydrogen) atoms. The Balaban J connectivity index is 2.18. The van der Waals surface area contributed by atoms with Crippen molar-refractivity contribution in [3.05, 3.63) is 35.9 Å². The second-order valence-corrected chi connectivity index (χ2v) is 4.43. The zero-order chi connectivity index (χ0) is 13.8. The first-order valence-electron chi connectivity index (χ1n) is 6.05. The molecule has 0 unspecified atom stereocenters. The van der Waals surface area contributed by atoms with Gasteiger partial charge in [-0.25, -0.2) is 0 Å². The lowest BCUT2D eigenvalue weighted by Crippen LogP contribution is -1.99. The van der Waals surface area contributed by atoms with Crippen LogP contribution in [0.2, 0.25) is 0 Å². The Labute approximate surface area is 112 Å². The van der Waals surface area contributed by atoms with E-state index in [0.29, 0.717) is 23.4 Å². The Hall–Kier alpha value is -2.30. The monoisotopic (exact) mass is 259 g/mol. The molecule has 1 aromatic heterocycles. The molecule has 0 amide bonds. The summed E-state index contributed by atoms with van der Waals surface area (Å²) in [5.74, 6) is 2.05. The second-order valence-electron chi connectivity index (χ2n) is 4.43. The van der Waals surface area contributed by atoms with Gasteiger partial charge in [-0.3, -0.25) is 0 Å². The smallest absolute Gasteiger partial charge is 0.227 e. The maximum absolute atomic E-state index is 5.63. The molecule has 0 radical (unpaired) electrons. The summed E-state index contributed by atoms with van der Waals surface area (Å²) >= 11 is 0. The molecule has 2 aromatic rings. The number of nitrogens with two attached hydrogens (primary N) is 1. The SMILES string of the molecule is COc1cc(Oc2ccc(C(C)C)cc2)nc(N)n1. The minimum atomic E-state index is 0.119. The predicted molar refractivity (Wildman–Crippen MR) is 73.6 cm³/mol. The van der Waals surface area contributed by atoms with Gasteiger partial charge in [-0.05, 0) is 23.6 Å². The number of nitrogens with zero attached hydrogens (tertiary/aromatic N) is 2. The van der Waals surface area contributed by atoms with Gasteiger partial charge < -0.3 is 15.2 Å². The second kappa shape index (κ2) is 5.56. The zero-order valence-electron chi connectivity index (χ0n) is 11.3. The van der Waals surface area contributed by atoms with Crippen LogP contribution in [0, 0.1) is 0 Å². The fourth-order valence-electron chi connectivity index (χ4n) is 1.62. The quantitative estimate of drug-likeness (QED) is 0.914. The molecule has 0 saturated heterocycles. The van der Waals surface area contributed by atoms with Crippen LogP contribution < -0.4 is 15.2 Å². The van der Waals surface area contributed by atoms with Gasteiger partial charge in [0.1, 0.15) is 5.75 Å². The summed E-state index contributed by atoms with van der Waals surface area (Å²) in [5, 5.41) is 0. The maximum Gasteiger partial charge on any atom is 0.227 e. The molecule has 1 aromatic carbocycles. The number of methoxy groups -OCH3 is 1. The number of hydrogen-bond acceptors (Lipinski definition) is 5. The van der Waals surface area contributed by atoms with Crippen molar-refractivity contribution < 1.29 is 9.47 Å². The summed E-state index contributed by atoms with van der Waals surface area (Å²) in [5.41, 5.74) is 6.83. The van der Waals surface area contributed by atoms with E-state index in [9.17, 15) is 0 Å². The molecule has 0 fully saturated rings. The Bertz CT molecular complexity index is 553. The van der Waals surface area contributed by atoms with Crippen molar-refractivity contribution in [1.29, 1.82) is 0 Å². The van der Waals surface area contributed by atoms with Gasteiger partial charge in [-0.15, -0.1) is 0 Å². The Morgan fingerprint density at radius 3 is 2.26 bits per heavy atom. The average molecular weight is 259 g/mol. The molecule has 2 N–H and O–H groups in total. The van der Waals surface area contributed by atoms with Gasteiger partial charge in [0.2, 0.25) is 17.7 Å². The number of rotatable bonds is 4. The van der Waals surface area contributed by atoms with Gasteiger partial charge in [-0.2, -0.15) is 9.97 Å². The van der Waals surface area contributed by atoms with Crippen molar-refractivity contribution in [3.8, 4) is 17.5 Å². The molecule has 0 spiro atoms. The molecule has 0 saturated carbocycles. The van der Waals surface area contributed by atoms with Crippen molar-refractivity contribution in [2.75, 3.05) is 12.8 Å². The fraction of sp³-hybridized carbons (Fsp3) is 0.286. The lowest BCUT2D eigenvalue weighted by atomic mass is 10.0. The fourth-order valence-corrected chi connectivity index (χ4v) is 1.62. The van der Waals surface area contributed by atoms with E-state index < -0.39 is 0 Å². The van der Waals surface area contributed by atoms with E-state index in [1.54, 1.807) is 6.07 Å². The average Bonchev–Trinajstić information content (AvgIpc) is 2.38. The van der Waals surface area contributed by atoms with E-state index in [2.05, 4.69) is 23.8 Å². The van der Waals surface area contributed by atoms with Gasteiger partial charge >= 0.3 is 0 Å². The van der Waals surface area contributed by atoms with Gasteiger partial charge in [0.05, 0.1) is 13.2 Å². The van der Waals surface area contributed by atoms with Crippen LogP contribution in [0.1, 0.15) is 25.3 Å². The molecule has 0 atom stereocenters. The van der Waals surface area contributed by atoms with Crippen LogP contribution >= 0.6 is 0 Å². The van der Waals surface area contributed by atoms with Crippen molar-refractivity contribution >= 4 is 5.95 Å². The summed E-state index contributed by atoms with van der Waals surface area (Å²) in [6.07, 6.45) is 0. The van der Waals surface area contributed by atoms with E-state index in [0.717, 1.165) is 0 Å². The van der Waals surface area contributed by atoms with Crippen molar-refractivity contribution in [1.82, 2.24) is 9.97 Å². The lowest BCUT2D eigenvalue weighted by Gasteiger charge is -2.09. The van der Waals surface area contributed by atoms with E-state index >= 15 is 0 Å². The molecule has 100 valence electrons. The molecule has 0 bridgehead atoms. The third-order valence-electron chi connectivity index (χ3n) is 2.67. The van der Waals surface area contributed by atoms with Crippen LogP contribution in [0.25, 0.3) is 0 Å². The lowest BCUT2D eigenvalue weighted by molar-refractivity contribution is 0.389. The first kappa shape index (κ1) is 13.1. The Kier molecular flexibility index (Phi) is 3.85. The van der Waals surface area contributed by atoms with Crippen LogP contribution in [0.3, 0.4) is 0 Å². The van der Waals surface area contributed by atoms with E-state index in [4.69, 9.17) is 15.2 Å². The van der Waals surface area contributed by atoms with E-state index in [1.807, 2.05) is 24.3 Å². The number of nitrogen functional groups attached to an aromatic ring is 1. The molecule has 0 aliphatic carbocycles. The molecule has 0 aliphatic heterocycles. The summed E-state index contributed by atoms with van der Waals surface area (Å²) < 4.78 is 10.6. The highest BCUT2D eigenvalue weighted by atomic mass is 16.5. The number of hydrogen-bond donors (Lipinski definition) is 1. The van der Waals surface area contributed by atoms with Gasteiger partial charge in [-0.1, -0.05) is 26.0 Å². The zero-order valence-corrected chi connectivity index (χ0v) is 11.3. The van der Waals surface area contributed by atoms with E-state index in [-0.39, 0.29) is 5.95 Å². The van der Waals surface area contributed by atoms with Gasteiger partial charge in [0, 0.05) is 0 Å². The van der Waals surface area contributed by atoms with E-state index in [1.165, 1.54) is 12.7 Å². The molecular formula is C14H17N3O2. The van der Waals surface area contributed by atoms with Crippen LogP contribution in [0.4, 0.5) is 5.95 Å². The third kappa shape index (κ3) is 3.34. The molecule has 2 rings (SSSR count). The first-order chi connectivity index (χ1) is 9.08. The summed E-state index contributed by atoms with van der Waals surface area (Å²) in [6.45, 7) is 4.29. The molecule has 5 heteroatoms. The Morgan fingerprint density at radius 2 is 1.68 bits per heavy atom. The van der Waals surface area contributed by atoms with Crippen LogP contribution in [-0.2, 0) is 0 Å². The first-order valence-corrected chi connectivity index (χ1v) is 6.05. The van der Waals surface area contributed by atoms with Crippen LogP contribution in [0.15, 0.2) is 30.3 Å². The normalized spacial score (nSPS) is 10.5. The standard InChI is InChI=1S/C14H17N3O2/c1-9(2)10-4-6-11(7-5-10)19-13-8-12(18-3)16-14(15)17-13/h4-9H,1-3H3,(H2,15,16,17). The highest BCUT2D eigenvalue weighted by Gasteiger charge is 2.05. The predicted octanol–water partition coefficient (Wildman–Crippen LogP) is 2.98. The molecule has 0 aliphatic rings. The van der Waals surface area contributed by atoms with Crippen molar-refractivity contribution in [2.24, 2.45) is 0 Å². The third-order valence-corrected chi connectivity index (χ3v) is 2.67. The summed E-state index contributed by atoms with van der Waals surface area (Å²) in [4.78, 5) is 7.89. The molecule has 5 nitrogen and oxygen atoms in total.